The quantitative estimate of drug-likeness (QED) is 0.597. The molecule has 1 aromatic heterocycles. The summed E-state index contributed by atoms with van der Waals surface area (Å²) in [6.07, 6.45) is 0.642. The van der Waals surface area contributed by atoms with Crippen molar-refractivity contribution in [3.05, 3.63) is 60.1 Å². The van der Waals surface area contributed by atoms with Crippen LogP contribution in [0.1, 0.15) is 17.0 Å². The Morgan fingerprint density at radius 1 is 1.19 bits per heavy atom. The molecule has 1 heterocycles. The Hall–Kier alpha value is -3.02. The van der Waals surface area contributed by atoms with Gasteiger partial charge in [0.25, 0.3) is 5.91 Å². The number of ether oxygens (including phenoxy) is 2. The van der Waals surface area contributed by atoms with Crippen LogP contribution in [0.3, 0.4) is 0 Å². The van der Waals surface area contributed by atoms with Crippen LogP contribution < -0.4 is 9.47 Å². The van der Waals surface area contributed by atoms with E-state index in [2.05, 4.69) is 0 Å². The molecular formula is C20H20FNO4. The topological polar surface area (TPSA) is 51.9 Å². The number of rotatable bonds is 7. The smallest absolute Gasteiger partial charge is 0.289 e. The van der Waals surface area contributed by atoms with Crippen LogP contribution in [0.25, 0.3) is 11.0 Å². The molecule has 0 aliphatic heterocycles. The molecule has 136 valence electrons. The Balaban J connectivity index is 1.55. The van der Waals surface area contributed by atoms with Gasteiger partial charge in [0, 0.05) is 19.0 Å². The number of amides is 1. The normalized spacial score (nSPS) is 10.7. The van der Waals surface area contributed by atoms with Gasteiger partial charge in [0.2, 0.25) is 0 Å². The van der Waals surface area contributed by atoms with Gasteiger partial charge in [-0.3, -0.25) is 4.79 Å². The number of methoxy groups -OCH3 is 1. The Bertz CT molecular complexity index is 888. The van der Waals surface area contributed by atoms with Crippen LogP contribution in [0, 0.1) is 5.82 Å². The summed E-state index contributed by atoms with van der Waals surface area (Å²) in [6.45, 7) is 0.936. The zero-order valence-corrected chi connectivity index (χ0v) is 14.7. The van der Waals surface area contributed by atoms with E-state index >= 15 is 0 Å². The maximum Gasteiger partial charge on any atom is 0.289 e. The highest BCUT2D eigenvalue weighted by Crippen LogP contribution is 2.28. The Morgan fingerprint density at radius 2 is 1.96 bits per heavy atom. The van der Waals surface area contributed by atoms with Crippen LogP contribution in [0.15, 0.2) is 52.9 Å². The largest absolute Gasteiger partial charge is 0.494 e. The molecule has 0 saturated carbocycles. The highest BCUT2D eigenvalue weighted by molar-refractivity contribution is 5.97. The van der Waals surface area contributed by atoms with E-state index < -0.39 is 0 Å². The number of hydrogen-bond acceptors (Lipinski definition) is 4. The van der Waals surface area contributed by atoms with Gasteiger partial charge >= 0.3 is 0 Å². The summed E-state index contributed by atoms with van der Waals surface area (Å²) in [4.78, 5) is 14.1. The molecular weight excluding hydrogens is 337 g/mol. The van der Waals surface area contributed by atoms with Gasteiger partial charge in [-0.1, -0.05) is 12.1 Å². The lowest BCUT2D eigenvalue weighted by atomic mass is 10.2. The summed E-state index contributed by atoms with van der Waals surface area (Å²) in [5, 5.41) is 0.820. The molecule has 0 N–H and O–H groups in total. The molecule has 0 saturated heterocycles. The summed E-state index contributed by atoms with van der Waals surface area (Å²) in [7, 11) is 3.27. The van der Waals surface area contributed by atoms with Gasteiger partial charge in [0.1, 0.15) is 11.6 Å². The van der Waals surface area contributed by atoms with Gasteiger partial charge in [0.05, 0.1) is 13.7 Å². The first-order valence-corrected chi connectivity index (χ1v) is 8.29. The molecule has 0 radical (unpaired) electrons. The molecule has 26 heavy (non-hydrogen) atoms. The molecule has 0 bridgehead atoms. The number of carbonyl (C=O) groups is 1. The van der Waals surface area contributed by atoms with Crippen molar-refractivity contribution in [1.82, 2.24) is 4.90 Å². The number of nitrogens with zero attached hydrogens (tertiary/aromatic N) is 1. The monoisotopic (exact) mass is 357 g/mol. The third-order valence-electron chi connectivity index (χ3n) is 4.01. The van der Waals surface area contributed by atoms with E-state index in [-0.39, 0.29) is 17.5 Å². The first kappa shape index (κ1) is 17.8. The predicted octanol–water partition coefficient (Wildman–Crippen LogP) is 4.12. The van der Waals surface area contributed by atoms with Gasteiger partial charge in [-0.25, -0.2) is 4.39 Å². The van der Waals surface area contributed by atoms with Gasteiger partial charge in [-0.2, -0.15) is 0 Å². The molecule has 0 atom stereocenters. The summed E-state index contributed by atoms with van der Waals surface area (Å²) in [5.41, 5.74) is 0.561. The fourth-order valence-electron chi connectivity index (χ4n) is 2.61. The average Bonchev–Trinajstić information content (AvgIpc) is 3.10. The van der Waals surface area contributed by atoms with E-state index in [1.54, 1.807) is 43.3 Å². The third kappa shape index (κ3) is 3.96. The van der Waals surface area contributed by atoms with E-state index in [1.807, 2.05) is 12.1 Å². The second-order valence-corrected chi connectivity index (χ2v) is 5.87. The van der Waals surface area contributed by atoms with E-state index in [0.29, 0.717) is 36.7 Å². The maximum absolute atomic E-state index is 12.8. The van der Waals surface area contributed by atoms with Gasteiger partial charge in [-0.05, 0) is 42.8 Å². The number of hydrogen-bond donors (Lipinski definition) is 0. The number of halogens is 1. The second kappa shape index (κ2) is 7.91. The van der Waals surface area contributed by atoms with Crippen LogP contribution in [-0.2, 0) is 0 Å². The first-order valence-electron chi connectivity index (χ1n) is 8.29. The Morgan fingerprint density at radius 3 is 2.69 bits per heavy atom. The molecule has 6 heteroatoms. The highest BCUT2D eigenvalue weighted by Gasteiger charge is 2.18. The second-order valence-electron chi connectivity index (χ2n) is 5.87. The summed E-state index contributed by atoms with van der Waals surface area (Å²) in [5.74, 6) is 0.961. The van der Waals surface area contributed by atoms with Crippen molar-refractivity contribution < 1.29 is 23.1 Å². The molecule has 3 rings (SSSR count). The van der Waals surface area contributed by atoms with E-state index in [1.165, 1.54) is 12.1 Å². The molecule has 0 unspecified atom stereocenters. The van der Waals surface area contributed by atoms with E-state index in [0.717, 1.165) is 5.39 Å². The molecule has 0 fully saturated rings. The van der Waals surface area contributed by atoms with Crippen LogP contribution >= 0.6 is 0 Å². The summed E-state index contributed by atoms with van der Waals surface area (Å²) >= 11 is 0. The lowest BCUT2D eigenvalue weighted by Gasteiger charge is -2.15. The number of fused-ring (bicyclic) bond motifs is 1. The zero-order valence-electron chi connectivity index (χ0n) is 14.7. The van der Waals surface area contributed by atoms with Gasteiger partial charge in [-0.15, -0.1) is 0 Å². The van der Waals surface area contributed by atoms with Gasteiger partial charge in [0.15, 0.2) is 17.1 Å². The zero-order chi connectivity index (χ0) is 18.5. The van der Waals surface area contributed by atoms with Crippen LogP contribution in [0.4, 0.5) is 4.39 Å². The standard InChI is InChI=1S/C20H20FNO4/c1-22(11-4-12-25-16-9-7-15(21)8-10-16)20(23)18-13-14-5-3-6-17(24-2)19(14)26-18/h3,5-10,13H,4,11-12H2,1-2H3. The summed E-state index contributed by atoms with van der Waals surface area (Å²) < 4.78 is 29.3. The van der Waals surface area contributed by atoms with Crippen molar-refractivity contribution in [1.29, 1.82) is 0 Å². The fourth-order valence-corrected chi connectivity index (χ4v) is 2.61. The van der Waals surface area contributed by atoms with Gasteiger partial charge < -0.3 is 18.8 Å². The van der Waals surface area contributed by atoms with Crippen molar-refractivity contribution in [2.24, 2.45) is 0 Å². The average molecular weight is 357 g/mol. The van der Waals surface area contributed by atoms with Crippen molar-refractivity contribution in [2.75, 3.05) is 27.3 Å². The third-order valence-corrected chi connectivity index (χ3v) is 4.01. The van der Waals surface area contributed by atoms with Crippen molar-refractivity contribution in [2.45, 2.75) is 6.42 Å². The molecule has 2 aromatic carbocycles. The van der Waals surface area contributed by atoms with Crippen LogP contribution in [0.5, 0.6) is 11.5 Å². The lowest BCUT2D eigenvalue weighted by Crippen LogP contribution is -2.28. The molecule has 5 nitrogen and oxygen atoms in total. The minimum absolute atomic E-state index is 0.204. The number of benzene rings is 2. The van der Waals surface area contributed by atoms with Crippen molar-refractivity contribution in [3.8, 4) is 11.5 Å². The SMILES string of the molecule is COc1cccc2cc(C(=O)N(C)CCCOc3ccc(F)cc3)oc12. The lowest BCUT2D eigenvalue weighted by molar-refractivity contribution is 0.0758. The number of carbonyl (C=O) groups excluding carboxylic acids is 1. The molecule has 0 spiro atoms. The summed E-state index contributed by atoms with van der Waals surface area (Å²) in [6, 6.07) is 13.1. The molecule has 1 amide bonds. The Kier molecular flexibility index (Phi) is 5.41. The van der Waals surface area contributed by atoms with Crippen LogP contribution in [0.2, 0.25) is 0 Å². The van der Waals surface area contributed by atoms with E-state index in [4.69, 9.17) is 13.9 Å². The molecule has 0 aliphatic carbocycles. The number of para-hydroxylation sites is 1. The Labute approximate surface area is 150 Å². The maximum atomic E-state index is 12.8. The minimum atomic E-state index is -0.301. The van der Waals surface area contributed by atoms with Crippen LogP contribution in [-0.4, -0.2) is 38.1 Å². The molecule has 3 aromatic rings. The fraction of sp³-hybridized carbons (Fsp3) is 0.250. The first-order chi connectivity index (χ1) is 12.6. The van der Waals surface area contributed by atoms with E-state index in [9.17, 15) is 9.18 Å². The number of furan rings is 1. The highest BCUT2D eigenvalue weighted by atomic mass is 19.1. The van der Waals surface area contributed by atoms with Crippen molar-refractivity contribution in [3.63, 3.8) is 0 Å². The minimum Gasteiger partial charge on any atom is -0.494 e. The molecule has 0 aliphatic rings. The van der Waals surface area contributed by atoms with Crippen molar-refractivity contribution >= 4 is 16.9 Å². The predicted molar refractivity (Wildman–Crippen MR) is 96.2 cm³/mol.